The highest BCUT2D eigenvalue weighted by Gasteiger charge is 2.54. The molecule has 0 atom stereocenters. The smallest absolute Gasteiger partial charge is 0.314 e. The zero-order valence-electron chi connectivity index (χ0n) is 18.1. The van der Waals surface area contributed by atoms with Gasteiger partial charge in [0.1, 0.15) is 12.4 Å². The molecule has 1 saturated heterocycles. The van der Waals surface area contributed by atoms with Crippen LogP contribution in [0.3, 0.4) is 0 Å². The van der Waals surface area contributed by atoms with Crippen LogP contribution in [-0.2, 0) is 21.7 Å². The Balaban J connectivity index is 1.36. The fraction of sp³-hybridized carbons (Fsp3) is 0.0833. The molecular weight excluding hydrogens is 453 g/mol. The number of carbonyl (C=O) groups excluding carboxylic acids is 3. The molecule has 0 unspecified atom stereocenters. The minimum atomic E-state index is -1.51. The normalized spacial score (nSPS) is 14.6. The van der Waals surface area contributed by atoms with Gasteiger partial charge in [-0.15, -0.1) is 10.2 Å². The molecular formula is C24H18FN7O3. The van der Waals surface area contributed by atoms with Crippen molar-refractivity contribution in [2.24, 2.45) is 0 Å². The van der Waals surface area contributed by atoms with Gasteiger partial charge in [-0.3, -0.25) is 15.0 Å². The average Bonchev–Trinajstić information content (AvgIpc) is 3.44. The molecule has 2 heterocycles. The van der Waals surface area contributed by atoms with Crippen LogP contribution in [0, 0.1) is 5.82 Å². The highest BCUT2D eigenvalue weighted by molar-refractivity contribution is 6.10. The Bertz CT molecular complexity index is 1350. The molecule has 11 heteroatoms. The zero-order chi connectivity index (χ0) is 24.4. The number of imide groups is 1. The van der Waals surface area contributed by atoms with Crippen molar-refractivity contribution in [2.75, 3.05) is 0 Å². The summed E-state index contributed by atoms with van der Waals surface area (Å²) in [5, 5.41) is 15.1. The molecule has 174 valence electrons. The van der Waals surface area contributed by atoms with Crippen molar-refractivity contribution >= 4 is 17.8 Å². The number of hydrazine groups is 1. The van der Waals surface area contributed by atoms with E-state index in [2.05, 4.69) is 26.2 Å². The average molecular weight is 471 g/mol. The second kappa shape index (κ2) is 8.78. The summed E-state index contributed by atoms with van der Waals surface area (Å²) < 4.78 is 13.1. The maximum Gasteiger partial charge on any atom is 0.344 e. The van der Waals surface area contributed by atoms with E-state index in [9.17, 15) is 18.8 Å². The van der Waals surface area contributed by atoms with Crippen LogP contribution in [0.15, 0.2) is 84.9 Å². The lowest BCUT2D eigenvalue weighted by Gasteiger charge is -2.27. The lowest BCUT2D eigenvalue weighted by Crippen LogP contribution is -2.50. The number of halogens is 1. The highest BCUT2D eigenvalue weighted by Crippen LogP contribution is 2.35. The van der Waals surface area contributed by atoms with Gasteiger partial charge in [-0.25, -0.2) is 9.18 Å². The molecule has 1 aromatic heterocycles. The minimum Gasteiger partial charge on any atom is -0.314 e. The summed E-state index contributed by atoms with van der Waals surface area (Å²) in [6.45, 7) is -0.408. The van der Waals surface area contributed by atoms with Crippen molar-refractivity contribution in [1.29, 1.82) is 0 Å². The molecule has 4 aromatic rings. The molecule has 0 aliphatic carbocycles. The van der Waals surface area contributed by atoms with Gasteiger partial charge in [-0.05, 0) is 40.6 Å². The van der Waals surface area contributed by atoms with Gasteiger partial charge in [0.25, 0.3) is 11.8 Å². The minimum absolute atomic E-state index is 0.194. The molecule has 5 rings (SSSR count). The summed E-state index contributed by atoms with van der Waals surface area (Å²) in [7, 11) is 0. The van der Waals surface area contributed by atoms with Gasteiger partial charge >= 0.3 is 6.03 Å². The first-order valence-corrected chi connectivity index (χ1v) is 10.6. The van der Waals surface area contributed by atoms with Crippen LogP contribution in [0.1, 0.15) is 11.1 Å². The van der Waals surface area contributed by atoms with Gasteiger partial charge in [0.05, 0.1) is 0 Å². The SMILES string of the molecule is O=C(Cn1nnc(-c2ccc(F)cc2)n1)NN1C(=O)NC(c2ccccc2)(c2ccccc2)C1=O. The number of tetrazole rings is 1. The Morgan fingerprint density at radius 2 is 1.51 bits per heavy atom. The van der Waals surface area contributed by atoms with E-state index in [0.29, 0.717) is 21.7 Å². The second-order valence-electron chi connectivity index (χ2n) is 7.74. The van der Waals surface area contributed by atoms with Crippen molar-refractivity contribution < 1.29 is 18.8 Å². The number of amides is 4. The van der Waals surface area contributed by atoms with E-state index < -0.39 is 35.7 Å². The van der Waals surface area contributed by atoms with E-state index in [-0.39, 0.29) is 5.82 Å². The van der Waals surface area contributed by atoms with Crippen LogP contribution in [0.4, 0.5) is 9.18 Å². The van der Waals surface area contributed by atoms with Crippen LogP contribution < -0.4 is 10.7 Å². The van der Waals surface area contributed by atoms with Crippen molar-refractivity contribution in [3.8, 4) is 11.4 Å². The molecule has 0 spiro atoms. The van der Waals surface area contributed by atoms with Crippen LogP contribution in [0.5, 0.6) is 0 Å². The summed E-state index contributed by atoms with van der Waals surface area (Å²) in [5.41, 5.74) is 2.43. The number of hydrogen-bond donors (Lipinski definition) is 2. The molecule has 0 bridgehead atoms. The highest BCUT2D eigenvalue weighted by atomic mass is 19.1. The fourth-order valence-electron chi connectivity index (χ4n) is 3.88. The molecule has 1 aliphatic heterocycles. The number of nitrogens with one attached hydrogen (secondary N) is 2. The van der Waals surface area contributed by atoms with Crippen molar-refractivity contribution in [2.45, 2.75) is 12.1 Å². The van der Waals surface area contributed by atoms with Crippen LogP contribution in [0.25, 0.3) is 11.4 Å². The summed E-state index contributed by atoms with van der Waals surface area (Å²) in [5.74, 6) is -1.59. The summed E-state index contributed by atoms with van der Waals surface area (Å²) in [6.07, 6.45) is 0. The zero-order valence-corrected chi connectivity index (χ0v) is 18.1. The Morgan fingerprint density at radius 1 is 0.914 bits per heavy atom. The topological polar surface area (TPSA) is 122 Å². The standard InChI is InChI=1S/C24H18FN7O3/c25-19-13-11-16(12-14-19)21-27-30-31(29-21)15-20(33)28-32-22(34)24(26-23(32)35,17-7-3-1-4-8-17)18-9-5-2-6-10-18/h1-14H,15H2,(H,26,35)(H,28,33). The number of carbonyl (C=O) groups is 3. The van der Waals surface area contributed by atoms with Crippen LogP contribution in [-0.4, -0.2) is 43.1 Å². The van der Waals surface area contributed by atoms with Gasteiger partial charge in [0.15, 0.2) is 5.54 Å². The predicted molar refractivity (Wildman–Crippen MR) is 120 cm³/mol. The number of rotatable bonds is 6. The van der Waals surface area contributed by atoms with E-state index in [0.717, 1.165) is 4.80 Å². The lowest BCUT2D eigenvalue weighted by molar-refractivity contribution is -0.138. The van der Waals surface area contributed by atoms with Gasteiger partial charge in [0.2, 0.25) is 5.82 Å². The third kappa shape index (κ3) is 3.99. The molecule has 0 radical (unpaired) electrons. The first-order chi connectivity index (χ1) is 17.0. The van der Waals surface area contributed by atoms with Crippen molar-refractivity contribution in [1.82, 2.24) is 36.0 Å². The fourth-order valence-corrected chi connectivity index (χ4v) is 3.88. The molecule has 4 amide bonds. The van der Waals surface area contributed by atoms with Gasteiger partial charge in [-0.1, -0.05) is 60.7 Å². The maximum absolute atomic E-state index is 13.6. The van der Waals surface area contributed by atoms with Gasteiger partial charge in [-0.2, -0.15) is 9.81 Å². The largest absolute Gasteiger partial charge is 0.344 e. The molecule has 1 aliphatic rings. The summed E-state index contributed by atoms with van der Waals surface area (Å²) in [6, 6.07) is 22.2. The van der Waals surface area contributed by atoms with Crippen molar-refractivity contribution in [3.05, 3.63) is 102 Å². The van der Waals surface area contributed by atoms with E-state index in [1.165, 1.54) is 24.3 Å². The molecule has 35 heavy (non-hydrogen) atoms. The number of benzene rings is 3. The number of hydrogen-bond acceptors (Lipinski definition) is 6. The third-order valence-electron chi connectivity index (χ3n) is 5.51. The molecule has 10 nitrogen and oxygen atoms in total. The summed E-state index contributed by atoms with van der Waals surface area (Å²) in [4.78, 5) is 40.1. The molecule has 1 fully saturated rings. The van der Waals surface area contributed by atoms with Gasteiger partial charge < -0.3 is 5.32 Å². The van der Waals surface area contributed by atoms with Gasteiger partial charge in [0, 0.05) is 5.56 Å². The quantitative estimate of drug-likeness (QED) is 0.415. The Kier molecular flexibility index (Phi) is 5.49. The van der Waals surface area contributed by atoms with Crippen LogP contribution >= 0.6 is 0 Å². The Labute approximate surface area is 198 Å². The van der Waals surface area contributed by atoms with E-state index in [1.807, 2.05) is 0 Å². The molecule has 2 N–H and O–H groups in total. The Hall–Kier alpha value is -4.93. The second-order valence-corrected chi connectivity index (χ2v) is 7.74. The first-order valence-electron chi connectivity index (χ1n) is 10.6. The van der Waals surface area contributed by atoms with E-state index in [1.54, 1.807) is 60.7 Å². The number of aromatic nitrogens is 4. The lowest BCUT2D eigenvalue weighted by atomic mass is 9.83. The molecule has 0 saturated carbocycles. The van der Waals surface area contributed by atoms with Crippen LogP contribution in [0.2, 0.25) is 0 Å². The van der Waals surface area contributed by atoms with Crippen molar-refractivity contribution in [3.63, 3.8) is 0 Å². The first kappa shape index (κ1) is 21.9. The maximum atomic E-state index is 13.6. The monoisotopic (exact) mass is 471 g/mol. The Morgan fingerprint density at radius 3 is 2.11 bits per heavy atom. The van der Waals surface area contributed by atoms with E-state index >= 15 is 0 Å². The molecule has 3 aromatic carbocycles. The summed E-state index contributed by atoms with van der Waals surface area (Å²) >= 11 is 0. The third-order valence-corrected chi connectivity index (χ3v) is 5.51. The van der Waals surface area contributed by atoms with E-state index in [4.69, 9.17) is 0 Å². The number of urea groups is 1. The predicted octanol–water partition coefficient (Wildman–Crippen LogP) is 2.01. The number of nitrogens with zero attached hydrogens (tertiary/aromatic N) is 5.